The largest absolute Gasteiger partial charge is 0.319 e. The maximum atomic E-state index is 6.32. The van der Waals surface area contributed by atoms with E-state index in [2.05, 4.69) is 31.2 Å². The molecule has 1 N–H and O–H groups in total. The summed E-state index contributed by atoms with van der Waals surface area (Å²) in [5, 5.41) is 8.48. The molecule has 1 heterocycles. The molecule has 3 nitrogen and oxygen atoms in total. The van der Waals surface area contributed by atoms with Crippen LogP contribution >= 0.6 is 11.6 Å². The van der Waals surface area contributed by atoms with Gasteiger partial charge in [0.2, 0.25) is 0 Å². The second-order valence-electron chi connectivity index (χ2n) is 5.49. The first kappa shape index (κ1) is 14.5. The highest BCUT2D eigenvalue weighted by Gasteiger charge is 2.30. The van der Waals surface area contributed by atoms with Crippen LogP contribution in [-0.4, -0.2) is 23.4 Å². The Morgan fingerprint density at radius 1 is 1.47 bits per heavy atom. The summed E-state index contributed by atoms with van der Waals surface area (Å²) in [5.74, 6) is 0.584. The van der Waals surface area contributed by atoms with Crippen LogP contribution < -0.4 is 5.32 Å². The van der Waals surface area contributed by atoms with E-state index >= 15 is 0 Å². The zero-order valence-corrected chi connectivity index (χ0v) is 12.5. The molecule has 0 amide bonds. The number of rotatable bonds is 5. The fourth-order valence-electron chi connectivity index (χ4n) is 2.13. The third kappa shape index (κ3) is 3.02. The van der Waals surface area contributed by atoms with Crippen LogP contribution in [0.3, 0.4) is 0 Å². The summed E-state index contributed by atoms with van der Waals surface area (Å²) in [6, 6.07) is 0. The summed E-state index contributed by atoms with van der Waals surface area (Å²) < 4.78 is 1.91. The fourth-order valence-corrected chi connectivity index (χ4v) is 2.36. The average Bonchev–Trinajstić information content (AvgIpc) is 2.45. The zero-order valence-electron chi connectivity index (χ0n) is 11.8. The lowest BCUT2D eigenvalue weighted by Gasteiger charge is -2.34. The van der Waals surface area contributed by atoms with Crippen molar-refractivity contribution >= 4 is 11.6 Å². The van der Waals surface area contributed by atoms with Gasteiger partial charge in [-0.25, -0.2) is 0 Å². The van der Waals surface area contributed by atoms with Gasteiger partial charge >= 0.3 is 0 Å². The van der Waals surface area contributed by atoms with E-state index in [0.717, 1.165) is 29.4 Å². The molecule has 1 rings (SSSR count). The summed E-state index contributed by atoms with van der Waals surface area (Å²) in [6.45, 7) is 9.75. The minimum absolute atomic E-state index is 0.193. The zero-order chi connectivity index (χ0) is 13.2. The minimum atomic E-state index is 0.193. The van der Waals surface area contributed by atoms with Gasteiger partial charge in [-0.15, -0.1) is 0 Å². The van der Waals surface area contributed by atoms with Crippen molar-refractivity contribution in [2.45, 2.75) is 34.1 Å². The first-order valence-corrected chi connectivity index (χ1v) is 6.52. The van der Waals surface area contributed by atoms with Crippen molar-refractivity contribution in [3.05, 3.63) is 16.4 Å². The van der Waals surface area contributed by atoms with E-state index in [0.29, 0.717) is 5.92 Å². The van der Waals surface area contributed by atoms with Gasteiger partial charge in [-0.05, 0) is 31.7 Å². The highest BCUT2D eigenvalue weighted by Crippen LogP contribution is 2.33. The molecule has 0 aromatic carbocycles. The summed E-state index contributed by atoms with van der Waals surface area (Å²) in [4.78, 5) is 0. The van der Waals surface area contributed by atoms with E-state index in [1.807, 2.05) is 25.7 Å². The third-order valence-electron chi connectivity index (χ3n) is 3.81. The van der Waals surface area contributed by atoms with Crippen molar-refractivity contribution in [3.8, 4) is 0 Å². The molecular formula is C13H24ClN3. The van der Waals surface area contributed by atoms with Crippen molar-refractivity contribution in [1.82, 2.24) is 15.1 Å². The molecule has 1 atom stereocenters. The molecule has 0 radical (unpaired) electrons. The molecule has 0 bridgehead atoms. The molecular weight excluding hydrogens is 234 g/mol. The SMILES string of the molecule is CNCC(C)(Cc1c(Cl)c(C)nn1C)C(C)C. The summed E-state index contributed by atoms with van der Waals surface area (Å²) >= 11 is 6.32. The van der Waals surface area contributed by atoms with Gasteiger partial charge in [0.15, 0.2) is 0 Å². The van der Waals surface area contributed by atoms with Crippen LogP contribution in [0.2, 0.25) is 5.02 Å². The molecule has 4 heteroatoms. The summed E-state index contributed by atoms with van der Waals surface area (Å²) in [5.41, 5.74) is 2.24. The van der Waals surface area contributed by atoms with Gasteiger partial charge in [-0.3, -0.25) is 4.68 Å². The van der Waals surface area contributed by atoms with Crippen LogP contribution in [0.1, 0.15) is 32.2 Å². The monoisotopic (exact) mass is 257 g/mol. The summed E-state index contributed by atoms with van der Waals surface area (Å²) in [7, 11) is 3.96. The van der Waals surface area contributed by atoms with Crippen LogP contribution in [0.25, 0.3) is 0 Å². The number of aryl methyl sites for hydroxylation is 2. The minimum Gasteiger partial charge on any atom is -0.319 e. The van der Waals surface area contributed by atoms with Gasteiger partial charge in [-0.2, -0.15) is 5.10 Å². The van der Waals surface area contributed by atoms with Crippen LogP contribution in [0.4, 0.5) is 0 Å². The third-order valence-corrected chi connectivity index (χ3v) is 4.30. The molecule has 0 saturated heterocycles. The van der Waals surface area contributed by atoms with Gasteiger partial charge in [-0.1, -0.05) is 32.4 Å². The van der Waals surface area contributed by atoms with E-state index in [9.17, 15) is 0 Å². The van der Waals surface area contributed by atoms with Crippen molar-refractivity contribution in [2.75, 3.05) is 13.6 Å². The van der Waals surface area contributed by atoms with Gasteiger partial charge in [0.05, 0.1) is 16.4 Å². The lowest BCUT2D eigenvalue weighted by Crippen LogP contribution is -2.37. The number of hydrogen-bond donors (Lipinski definition) is 1. The standard InChI is InChI=1S/C13H24ClN3/c1-9(2)13(4,8-15-5)7-11-12(14)10(3)16-17(11)6/h9,15H,7-8H2,1-6H3. The maximum Gasteiger partial charge on any atom is 0.0847 e. The Bertz CT molecular complexity index is 384. The molecule has 1 aromatic rings. The predicted octanol–water partition coefficient (Wildman–Crippen LogP) is 2.81. The average molecular weight is 258 g/mol. The number of hydrogen-bond acceptors (Lipinski definition) is 2. The first-order chi connectivity index (χ1) is 7.81. The van der Waals surface area contributed by atoms with E-state index in [-0.39, 0.29) is 5.41 Å². The normalized spacial score (nSPS) is 15.3. The molecule has 0 aliphatic rings. The highest BCUT2D eigenvalue weighted by molar-refractivity contribution is 6.31. The Morgan fingerprint density at radius 2 is 2.06 bits per heavy atom. The molecule has 0 aliphatic carbocycles. The molecule has 0 saturated carbocycles. The van der Waals surface area contributed by atoms with Crippen LogP contribution in [0.15, 0.2) is 0 Å². The van der Waals surface area contributed by atoms with Crippen LogP contribution in [0.5, 0.6) is 0 Å². The topological polar surface area (TPSA) is 29.9 Å². The van der Waals surface area contributed by atoms with Gasteiger partial charge < -0.3 is 5.32 Å². The molecule has 1 unspecified atom stereocenters. The van der Waals surface area contributed by atoms with Crippen molar-refractivity contribution in [2.24, 2.45) is 18.4 Å². The quantitative estimate of drug-likeness (QED) is 0.879. The first-order valence-electron chi connectivity index (χ1n) is 6.14. The maximum absolute atomic E-state index is 6.32. The van der Waals surface area contributed by atoms with Crippen molar-refractivity contribution in [3.63, 3.8) is 0 Å². The Balaban J connectivity index is 3.01. The number of aromatic nitrogens is 2. The van der Waals surface area contributed by atoms with Gasteiger partial charge in [0.25, 0.3) is 0 Å². The smallest absolute Gasteiger partial charge is 0.0847 e. The summed E-state index contributed by atoms with van der Waals surface area (Å²) in [6.07, 6.45) is 0.946. The van der Waals surface area contributed by atoms with E-state index in [4.69, 9.17) is 11.6 Å². The van der Waals surface area contributed by atoms with Crippen LogP contribution in [0, 0.1) is 18.3 Å². The predicted molar refractivity (Wildman–Crippen MR) is 73.5 cm³/mol. The molecule has 17 heavy (non-hydrogen) atoms. The Hall–Kier alpha value is -0.540. The fraction of sp³-hybridized carbons (Fsp3) is 0.769. The van der Waals surface area contributed by atoms with Gasteiger partial charge in [0.1, 0.15) is 0 Å². The Kier molecular flexibility index (Phi) is 4.62. The van der Waals surface area contributed by atoms with Crippen molar-refractivity contribution in [1.29, 1.82) is 0 Å². The second-order valence-corrected chi connectivity index (χ2v) is 5.86. The molecule has 0 aliphatic heterocycles. The number of nitrogens with zero attached hydrogens (tertiary/aromatic N) is 2. The van der Waals surface area contributed by atoms with E-state index in [1.165, 1.54) is 0 Å². The molecule has 0 spiro atoms. The number of nitrogens with one attached hydrogen (secondary N) is 1. The van der Waals surface area contributed by atoms with Crippen LogP contribution in [-0.2, 0) is 13.5 Å². The Labute approximate surface area is 110 Å². The second kappa shape index (κ2) is 5.40. The lowest BCUT2D eigenvalue weighted by atomic mass is 9.75. The molecule has 0 fully saturated rings. The number of halogens is 1. The van der Waals surface area contributed by atoms with Gasteiger partial charge in [0, 0.05) is 13.6 Å². The van der Waals surface area contributed by atoms with E-state index in [1.54, 1.807) is 0 Å². The molecule has 1 aromatic heterocycles. The highest BCUT2D eigenvalue weighted by atomic mass is 35.5. The Morgan fingerprint density at radius 3 is 2.41 bits per heavy atom. The van der Waals surface area contributed by atoms with Crippen molar-refractivity contribution < 1.29 is 0 Å². The lowest BCUT2D eigenvalue weighted by molar-refractivity contribution is 0.208. The molecule has 98 valence electrons. The van der Waals surface area contributed by atoms with E-state index < -0.39 is 0 Å².